The number of nitrogens with zero attached hydrogens (tertiary/aromatic N) is 5. The minimum absolute atomic E-state index is 0.636. The number of fused-ring (bicyclic) bond motifs is 12. The lowest BCUT2D eigenvalue weighted by Gasteiger charge is -2.08. The third-order valence-corrected chi connectivity index (χ3v) is 5.76. The molecule has 7 rings (SSSR count). The van der Waals surface area contributed by atoms with E-state index in [4.69, 9.17) is 25.0 Å². The maximum Gasteiger partial charge on any atom is 0.164 e. The van der Waals surface area contributed by atoms with Gasteiger partial charge >= 0.3 is 0 Å². The van der Waals surface area contributed by atoms with Gasteiger partial charge in [0.2, 0.25) is 0 Å². The lowest BCUT2D eigenvalue weighted by atomic mass is 10.1. The molecule has 0 unspecified atom stereocenters. The molecule has 0 spiro atoms. The maximum absolute atomic E-state index is 4.97. The van der Waals surface area contributed by atoms with E-state index < -0.39 is 0 Å². The second kappa shape index (κ2) is 5.67. The fourth-order valence-corrected chi connectivity index (χ4v) is 4.35. The van der Waals surface area contributed by atoms with Gasteiger partial charge in [0.25, 0.3) is 0 Å². The molecule has 6 heteroatoms. The number of allylic oxidation sites excluding steroid dienone is 4. The summed E-state index contributed by atoms with van der Waals surface area (Å²) in [7, 11) is 0. The quantitative estimate of drug-likeness (QED) is 0.739. The molecule has 5 aliphatic rings. The highest BCUT2D eigenvalue weighted by molar-refractivity contribution is 6.31. The van der Waals surface area contributed by atoms with Gasteiger partial charge in [0.05, 0.1) is 11.4 Å². The Morgan fingerprint density at radius 3 is 1.77 bits per heavy atom. The van der Waals surface area contributed by atoms with Crippen molar-refractivity contribution in [3.63, 3.8) is 0 Å². The van der Waals surface area contributed by atoms with E-state index >= 15 is 0 Å². The molecular weight excluding hydrogens is 372 g/mol. The molecule has 6 bridgehead atoms. The average molecular weight is 386 g/mol. The van der Waals surface area contributed by atoms with E-state index in [1.807, 2.05) is 60.9 Å². The Hall–Kier alpha value is -4.19. The smallest absolute Gasteiger partial charge is 0.164 e. The summed E-state index contributed by atoms with van der Waals surface area (Å²) in [6.45, 7) is 0. The molecule has 0 atom stereocenters. The van der Waals surface area contributed by atoms with Crippen molar-refractivity contribution >= 4 is 29.1 Å². The van der Waals surface area contributed by atoms with Gasteiger partial charge in [-0.25, -0.2) is 25.0 Å². The minimum Gasteiger partial charge on any atom is -0.367 e. The van der Waals surface area contributed by atoms with Crippen molar-refractivity contribution < 1.29 is 0 Å². The van der Waals surface area contributed by atoms with Crippen LogP contribution in [-0.2, 0) is 0 Å². The molecule has 0 fully saturated rings. The highest BCUT2D eigenvalue weighted by Gasteiger charge is 2.31. The number of rotatable bonds is 0. The molecule has 1 N–H and O–H groups in total. The van der Waals surface area contributed by atoms with Crippen LogP contribution in [0.25, 0.3) is 0 Å². The monoisotopic (exact) mass is 386 g/mol. The summed E-state index contributed by atoms with van der Waals surface area (Å²) >= 11 is 0. The van der Waals surface area contributed by atoms with Crippen LogP contribution in [0.4, 0.5) is 0 Å². The van der Waals surface area contributed by atoms with Crippen molar-refractivity contribution in [2.24, 2.45) is 25.0 Å². The van der Waals surface area contributed by atoms with Crippen molar-refractivity contribution in [1.29, 1.82) is 0 Å². The van der Waals surface area contributed by atoms with Crippen molar-refractivity contribution in [2.75, 3.05) is 0 Å². The Morgan fingerprint density at radius 2 is 1.17 bits per heavy atom. The molecule has 0 radical (unpaired) electrons. The predicted octanol–water partition coefficient (Wildman–Crippen LogP) is 3.51. The highest BCUT2D eigenvalue weighted by Crippen LogP contribution is 2.35. The minimum atomic E-state index is 0.636. The van der Waals surface area contributed by atoms with E-state index in [1.54, 1.807) is 0 Å². The molecule has 4 heterocycles. The van der Waals surface area contributed by atoms with Crippen LogP contribution in [0.15, 0.2) is 109 Å². The van der Waals surface area contributed by atoms with E-state index in [-0.39, 0.29) is 0 Å². The van der Waals surface area contributed by atoms with E-state index in [2.05, 4.69) is 11.4 Å². The van der Waals surface area contributed by atoms with Crippen molar-refractivity contribution in [3.8, 4) is 0 Å². The van der Waals surface area contributed by atoms with Gasteiger partial charge in [-0.1, -0.05) is 48.5 Å². The van der Waals surface area contributed by atoms with Gasteiger partial charge in [-0.2, -0.15) is 0 Å². The van der Waals surface area contributed by atoms with Crippen LogP contribution in [0, 0.1) is 0 Å². The average Bonchev–Trinajstić information content (AvgIpc) is 3.43. The third kappa shape index (κ3) is 2.10. The molecule has 4 aliphatic heterocycles. The van der Waals surface area contributed by atoms with Crippen molar-refractivity contribution in [3.05, 3.63) is 106 Å². The summed E-state index contributed by atoms with van der Waals surface area (Å²) in [5.74, 6) is 2.66. The lowest BCUT2D eigenvalue weighted by molar-refractivity contribution is 1.14. The standard InChI is InChI=1S/C24H14N6/c1-3-7-16-14(5-1)21-26-19-11-20(18-12-25-10-9-13(18)19)27-22-15-6-2-4-8-17(15)24(29-22)30-23(16)28-21/h1-10,12,25H,11H2. The van der Waals surface area contributed by atoms with Gasteiger partial charge in [-0.3, -0.25) is 0 Å². The topological polar surface area (TPSA) is 73.8 Å². The number of hydrogen-bond acceptors (Lipinski definition) is 6. The Bertz CT molecular complexity index is 1430. The zero-order chi connectivity index (χ0) is 19.7. The first-order chi connectivity index (χ1) is 14.8. The Balaban J connectivity index is 1.57. The van der Waals surface area contributed by atoms with Crippen LogP contribution in [0.2, 0.25) is 0 Å². The molecule has 0 amide bonds. The molecule has 6 nitrogen and oxygen atoms in total. The molecule has 1 aliphatic carbocycles. The van der Waals surface area contributed by atoms with Crippen LogP contribution >= 0.6 is 0 Å². The first-order valence-corrected chi connectivity index (χ1v) is 9.84. The number of dihydropyridines is 1. The van der Waals surface area contributed by atoms with Gasteiger partial charge in [-0.05, 0) is 6.08 Å². The van der Waals surface area contributed by atoms with Gasteiger partial charge in [0.1, 0.15) is 0 Å². The van der Waals surface area contributed by atoms with Crippen LogP contribution in [0.1, 0.15) is 28.7 Å². The third-order valence-electron chi connectivity index (χ3n) is 5.76. The van der Waals surface area contributed by atoms with Gasteiger partial charge in [-0.15, -0.1) is 0 Å². The second-order valence-electron chi connectivity index (χ2n) is 7.49. The highest BCUT2D eigenvalue weighted by atomic mass is 15.1. The number of amidine groups is 4. The Morgan fingerprint density at radius 1 is 0.633 bits per heavy atom. The van der Waals surface area contributed by atoms with E-state index in [1.165, 1.54) is 0 Å². The van der Waals surface area contributed by atoms with E-state index in [0.29, 0.717) is 29.8 Å². The molecule has 0 saturated heterocycles. The first-order valence-electron chi connectivity index (χ1n) is 9.84. The van der Waals surface area contributed by atoms with E-state index in [0.717, 1.165) is 44.8 Å². The number of aliphatic imine (C=N–C) groups is 5. The predicted molar refractivity (Wildman–Crippen MR) is 118 cm³/mol. The molecular formula is C24H14N6. The fourth-order valence-electron chi connectivity index (χ4n) is 4.35. The normalized spacial score (nSPS) is 19.7. The van der Waals surface area contributed by atoms with Gasteiger partial charge in [0, 0.05) is 52.2 Å². The second-order valence-corrected chi connectivity index (χ2v) is 7.49. The summed E-state index contributed by atoms with van der Waals surface area (Å²) in [4.78, 5) is 24.4. The molecule has 0 aromatic heterocycles. The largest absolute Gasteiger partial charge is 0.367 e. The molecule has 0 saturated carbocycles. The molecule has 2 aromatic carbocycles. The van der Waals surface area contributed by atoms with Crippen LogP contribution in [0.5, 0.6) is 0 Å². The van der Waals surface area contributed by atoms with Crippen LogP contribution in [0.3, 0.4) is 0 Å². The summed E-state index contributed by atoms with van der Waals surface area (Å²) < 4.78 is 0. The summed E-state index contributed by atoms with van der Waals surface area (Å²) in [5, 5.41) is 3.18. The molecule has 2 aromatic rings. The zero-order valence-electron chi connectivity index (χ0n) is 15.8. The lowest BCUT2D eigenvalue weighted by Crippen LogP contribution is -2.09. The molecule has 30 heavy (non-hydrogen) atoms. The van der Waals surface area contributed by atoms with Crippen LogP contribution in [-0.4, -0.2) is 29.1 Å². The Kier molecular flexibility index (Phi) is 2.97. The number of hydrogen-bond donors (Lipinski definition) is 1. The first kappa shape index (κ1) is 15.7. The SMILES string of the molecule is C1=CC2=C3CC(=NC4=NC(=NC5=NC(=N3)c3ccccc35)c3ccccc34)C2=CN1. The zero-order valence-corrected chi connectivity index (χ0v) is 15.8. The van der Waals surface area contributed by atoms with Crippen molar-refractivity contribution in [2.45, 2.75) is 6.42 Å². The van der Waals surface area contributed by atoms with Crippen LogP contribution < -0.4 is 5.32 Å². The van der Waals surface area contributed by atoms with E-state index in [9.17, 15) is 0 Å². The number of nitrogens with one attached hydrogen (secondary N) is 1. The van der Waals surface area contributed by atoms with Gasteiger partial charge in [0.15, 0.2) is 23.3 Å². The number of benzene rings is 2. The summed E-state index contributed by atoms with van der Waals surface area (Å²) in [5.41, 5.74) is 7.98. The fraction of sp³-hybridized carbons (Fsp3) is 0.0417. The maximum atomic E-state index is 4.97. The van der Waals surface area contributed by atoms with Crippen molar-refractivity contribution in [1.82, 2.24) is 5.32 Å². The summed E-state index contributed by atoms with van der Waals surface area (Å²) in [6, 6.07) is 16.2. The van der Waals surface area contributed by atoms with Gasteiger partial charge < -0.3 is 5.32 Å². The molecule has 140 valence electrons. The summed E-state index contributed by atoms with van der Waals surface area (Å²) in [6.07, 6.45) is 6.59. The Labute approximate surface area is 172 Å².